The monoisotopic (exact) mass is 754 g/mol. The first kappa shape index (κ1) is 37.2. The van der Waals surface area contributed by atoms with E-state index in [2.05, 4.69) is 38.3 Å². The van der Waals surface area contributed by atoms with Gasteiger partial charge in [-0.05, 0) is 97.7 Å². The number of benzene rings is 2. The minimum Gasteiger partial charge on any atom is -0.490 e. The van der Waals surface area contributed by atoms with Gasteiger partial charge in [-0.25, -0.2) is 9.00 Å². The summed E-state index contributed by atoms with van der Waals surface area (Å²) >= 11 is 6.46. The van der Waals surface area contributed by atoms with E-state index in [9.17, 15) is 13.8 Å². The second-order valence-corrected chi connectivity index (χ2v) is 18.0. The summed E-state index contributed by atoms with van der Waals surface area (Å²) in [7, 11) is 1.39. The molecule has 0 aromatic heterocycles. The third kappa shape index (κ3) is 7.33. The number of hydrogen-bond donors (Lipinski definition) is 1. The number of ether oxygens (including phenoxy) is 4. The van der Waals surface area contributed by atoms with E-state index in [0.29, 0.717) is 49.3 Å². The molecule has 1 saturated heterocycles. The van der Waals surface area contributed by atoms with Crippen LogP contribution in [0.25, 0.3) is 0 Å². The molecule has 0 radical (unpaired) electrons. The molecule has 2 fully saturated rings. The van der Waals surface area contributed by atoms with Crippen molar-refractivity contribution in [2.45, 2.75) is 62.6 Å². The van der Waals surface area contributed by atoms with E-state index in [0.717, 1.165) is 49.4 Å². The predicted octanol–water partition coefficient (Wildman–Crippen LogP) is 6.03. The number of carbonyl (C=O) groups is 2. The van der Waals surface area contributed by atoms with Crippen LogP contribution in [0.15, 0.2) is 52.9 Å². The molecule has 2 aromatic rings. The van der Waals surface area contributed by atoms with Gasteiger partial charge in [0.05, 0.1) is 43.8 Å². The Kier molecular flexibility index (Phi) is 10.7. The highest BCUT2D eigenvalue weighted by Gasteiger charge is 2.47. The van der Waals surface area contributed by atoms with Gasteiger partial charge in [-0.3, -0.25) is 9.52 Å². The number of hydrogen-bond acceptors (Lipinski definition) is 8. The van der Waals surface area contributed by atoms with Crippen LogP contribution in [-0.4, -0.2) is 99.2 Å². The minimum atomic E-state index is -3.53. The van der Waals surface area contributed by atoms with Crippen LogP contribution in [0.5, 0.6) is 5.75 Å². The molecule has 3 aliphatic heterocycles. The van der Waals surface area contributed by atoms with Crippen LogP contribution < -0.4 is 14.4 Å². The second-order valence-electron chi connectivity index (χ2n) is 15.5. The van der Waals surface area contributed by atoms with Gasteiger partial charge in [-0.1, -0.05) is 36.7 Å². The molecule has 1 saturated carbocycles. The van der Waals surface area contributed by atoms with E-state index in [1.54, 1.807) is 27.4 Å². The largest absolute Gasteiger partial charge is 0.490 e. The molecule has 6 atom stereocenters. The zero-order valence-corrected chi connectivity index (χ0v) is 32.2. The van der Waals surface area contributed by atoms with Crippen molar-refractivity contribution in [2.75, 3.05) is 71.4 Å². The highest BCUT2D eigenvalue weighted by molar-refractivity contribution is 7.92. The van der Waals surface area contributed by atoms with Crippen LogP contribution in [0.4, 0.5) is 10.5 Å². The first-order chi connectivity index (χ1) is 25.0. The van der Waals surface area contributed by atoms with Crippen LogP contribution in [0.2, 0.25) is 5.02 Å². The summed E-state index contributed by atoms with van der Waals surface area (Å²) in [5, 5.41) is 0.739. The molecule has 2 bridgehead atoms. The first-order valence-electron chi connectivity index (χ1n) is 18.4. The molecule has 1 N–H and O–H groups in total. The number of likely N-dealkylation sites (tertiary alicyclic amines) is 1. The molecule has 2 aliphatic carbocycles. The highest BCUT2D eigenvalue weighted by Crippen LogP contribution is 2.47. The zero-order valence-electron chi connectivity index (χ0n) is 30.6. The van der Waals surface area contributed by atoms with E-state index in [1.807, 2.05) is 25.1 Å². The topological polar surface area (TPSA) is 119 Å². The number of nitrogens with zero attached hydrogens (tertiary/aromatic N) is 3. The number of halogens is 1. The zero-order chi connectivity index (χ0) is 36.7. The van der Waals surface area contributed by atoms with E-state index < -0.39 is 27.5 Å². The molecule has 52 heavy (non-hydrogen) atoms. The summed E-state index contributed by atoms with van der Waals surface area (Å²) < 4.78 is 45.1. The molecule has 5 aliphatic rings. The summed E-state index contributed by atoms with van der Waals surface area (Å²) in [5.74, 6) is 0.638. The van der Waals surface area contributed by atoms with Crippen molar-refractivity contribution in [3.05, 3.63) is 70.3 Å². The Hall–Kier alpha value is -3.16. The molecule has 7 rings (SSSR count). The van der Waals surface area contributed by atoms with Crippen LogP contribution >= 0.6 is 11.6 Å². The van der Waals surface area contributed by atoms with Crippen LogP contribution in [0.3, 0.4) is 0 Å². The van der Waals surface area contributed by atoms with Gasteiger partial charge in [0.1, 0.15) is 21.3 Å². The molecule has 3 amide bonds. The average Bonchev–Trinajstić information content (AvgIpc) is 3.23. The number of nitrogens with one attached hydrogen (secondary N) is 1. The van der Waals surface area contributed by atoms with Gasteiger partial charge >= 0.3 is 6.03 Å². The number of fused-ring (bicyclic) bond motifs is 4. The lowest BCUT2D eigenvalue weighted by Crippen LogP contribution is -2.68. The Morgan fingerprint density at radius 1 is 1.13 bits per heavy atom. The Balaban J connectivity index is 1.25. The third-order valence-corrected chi connectivity index (χ3v) is 14.1. The number of rotatable bonds is 5. The maximum absolute atomic E-state index is 14.6. The van der Waals surface area contributed by atoms with Crippen LogP contribution in [-0.2, 0) is 36.0 Å². The Morgan fingerprint density at radius 2 is 1.96 bits per heavy atom. The maximum Gasteiger partial charge on any atom is 0.330 e. The van der Waals surface area contributed by atoms with Crippen molar-refractivity contribution in [1.29, 1.82) is 0 Å². The first-order valence-corrected chi connectivity index (χ1v) is 20.4. The fourth-order valence-electron chi connectivity index (χ4n) is 8.90. The van der Waals surface area contributed by atoms with E-state index in [-0.39, 0.29) is 36.3 Å². The maximum atomic E-state index is 14.6. The molecule has 3 heterocycles. The third-order valence-electron chi connectivity index (χ3n) is 11.8. The second kappa shape index (κ2) is 14.9. The van der Waals surface area contributed by atoms with Gasteiger partial charge in [-0.2, -0.15) is 0 Å². The number of aryl methyl sites for hydroxylation is 1. The van der Waals surface area contributed by atoms with Crippen LogP contribution in [0.1, 0.15) is 60.5 Å². The Bertz CT molecular complexity index is 1840. The summed E-state index contributed by atoms with van der Waals surface area (Å²) in [6.45, 7) is 4.81. The lowest BCUT2D eigenvalue weighted by atomic mass is 9.68. The summed E-state index contributed by atoms with van der Waals surface area (Å²) in [6, 6.07) is 11.0. The van der Waals surface area contributed by atoms with Crippen LogP contribution in [0, 0.1) is 17.8 Å². The smallest absolute Gasteiger partial charge is 0.330 e. The number of allylic oxidation sites excluding steroid dienone is 1. The number of amides is 3. The number of carbonyl (C=O) groups excluding carboxylic acids is 2. The number of anilines is 1. The van der Waals surface area contributed by atoms with Gasteiger partial charge in [0, 0.05) is 50.4 Å². The number of methoxy groups -OCH3 is 3. The summed E-state index contributed by atoms with van der Waals surface area (Å²) in [6.07, 6.45) is 9.86. The number of urea groups is 1. The average molecular weight is 755 g/mol. The molecular formula is C39H51ClN4O7S. The highest BCUT2D eigenvalue weighted by atomic mass is 35.5. The molecule has 2 aromatic carbocycles. The lowest BCUT2D eigenvalue weighted by Gasteiger charge is -2.48. The van der Waals surface area contributed by atoms with Crippen molar-refractivity contribution >= 4 is 39.1 Å². The molecule has 13 heteroatoms. The van der Waals surface area contributed by atoms with Gasteiger partial charge in [0.25, 0.3) is 5.91 Å². The molecular weight excluding hydrogens is 704 g/mol. The molecule has 1 unspecified atom stereocenters. The Labute approximate surface area is 312 Å². The normalized spacial score (nSPS) is 31.8. The fraction of sp³-hybridized carbons (Fsp3) is 0.590. The lowest BCUT2D eigenvalue weighted by molar-refractivity contribution is -0.138. The summed E-state index contributed by atoms with van der Waals surface area (Å²) in [5.41, 5.74) is 2.76. The standard InChI is InChI=1S/C39H51ClN4O7S/c1-26-7-5-9-34(49-3)31-13-10-29(31)19-43-21-38(16-6-8-27-17-30(40)12-14-32(27)38)24-51-35-15-11-28(18-33(35)43)36(45)41-52(47,20-26)42-37(46)44-22-39(23-44,50-4)25-48-2/h5,9,11-12,14-15,17-18,26,29,31,34H,6-8,10,13,16,19-25H2,1-4H3,(H,41,42,45,46,47)/b9-5+/t26-,29-,31+,34-,38-,52?/m0/s1. The van der Waals surface area contributed by atoms with Crippen molar-refractivity contribution in [2.24, 2.45) is 22.1 Å². The van der Waals surface area contributed by atoms with E-state index >= 15 is 0 Å². The molecule has 282 valence electrons. The van der Waals surface area contributed by atoms with Crippen molar-refractivity contribution in [1.82, 2.24) is 9.62 Å². The molecule has 11 nitrogen and oxygen atoms in total. The fourth-order valence-corrected chi connectivity index (χ4v) is 11.0. The quantitative estimate of drug-likeness (QED) is 0.368. The molecule has 1 spiro atoms. The SMILES string of the molecule is COCC1(OC)CN(C(=O)NS2(=O)=NC(=O)c3ccc4c(c3)N(C[C@@H]3CC[C@H]3[C@@H](OC)/C=C/C[C@H](C)C2)C[C@@]2(CCCc3cc(Cl)ccc32)CO4)C1. The predicted molar refractivity (Wildman–Crippen MR) is 202 cm³/mol. The van der Waals surface area contributed by atoms with Crippen molar-refractivity contribution < 1.29 is 32.7 Å². The van der Waals surface area contributed by atoms with Gasteiger partial charge in [-0.15, -0.1) is 4.36 Å². The van der Waals surface area contributed by atoms with Crippen molar-refractivity contribution in [3.63, 3.8) is 0 Å². The van der Waals surface area contributed by atoms with E-state index in [4.69, 9.17) is 30.5 Å². The van der Waals surface area contributed by atoms with Gasteiger partial charge in [0.2, 0.25) is 0 Å². The van der Waals surface area contributed by atoms with Gasteiger partial charge in [0.15, 0.2) is 0 Å². The summed E-state index contributed by atoms with van der Waals surface area (Å²) in [4.78, 5) is 31.4. The van der Waals surface area contributed by atoms with Gasteiger partial charge < -0.3 is 28.7 Å². The Morgan fingerprint density at radius 3 is 2.69 bits per heavy atom. The van der Waals surface area contributed by atoms with E-state index in [1.165, 1.54) is 16.0 Å². The van der Waals surface area contributed by atoms with Crippen molar-refractivity contribution in [3.8, 4) is 5.75 Å². The minimum absolute atomic E-state index is 0.00593.